The molecule has 1 atom stereocenters. The lowest BCUT2D eigenvalue weighted by molar-refractivity contribution is -0.131. The van der Waals surface area contributed by atoms with Crippen molar-refractivity contribution in [1.82, 2.24) is 4.90 Å². The number of anilines is 1. The molecule has 25 heavy (non-hydrogen) atoms. The molecule has 1 N–H and O–H groups in total. The Hall–Kier alpha value is -2.33. The topological polar surface area (TPSA) is 43.8 Å². The van der Waals surface area contributed by atoms with E-state index in [1.165, 1.54) is 5.56 Å². The lowest BCUT2D eigenvalue weighted by atomic mass is 9.99. The fourth-order valence-electron chi connectivity index (χ4n) is 3.38. The summed E-state index contributed by atoms with van der Waals surface area (Å²) in [6.45, 7) is 2.69. The Balaban J connectivity index is 1.72. The van der Waals surface area contributed by atoms with Gasteiger partial charge in [-0.1, -0.05) is 48.5 Å². The monoisotopic (exact) mass is 338 g/mol. The molecule has 1 aliphatic heterocycles. The summed E-state index contributed by atoms with van der Waals surface area (Å²) in [5, 5.41) is 9.40. The van der Waals surface area contributed by atoms with Gasteiger partial charge >= 0.3 is 0 Å². The summed E-state index contributed by atoms with van der Waals surface area (Å²) in [5.74, 6) is 0.356. The molecule has 0 radical (unpaired) electrons. The van der Waals surface area contributed by atoms with E-state index in [9.17, 15) is 9.90 Å². The number of rotatable bonds is 6. The Labute approximate surface area is 149 Å². The highest BCUT2D eigenvalue weighted by Crippen LogP contribution is 2.19. The molecule has 1 amide bonds. The van der Waals surface area contributed by atoms with Crippen molar-refractivity contribution in [2.75, 3.05) is 31.1 Å². The minimum absolute atomic E-state index is 0.137. The molecule has 1 unspecified atom stereocenters. The molecule has 0 aliphatic carbocycles. The van der Waals surface area contributed by atoms with Gasteiger partial charge in [-0.3, -0.25) is 4.79 Å². The van der Waals surface area contributed by atoms with E-state index in [0.717, 1.165) is 25.1 Å². The van der Waals surface area contributed by atoms with Gasteiger partial charge in [0.25, 0.3) is 0 Å². The van der Waals surface area contributed by atoms with E-state index >= 15 is 0 Å². The average molecular weight is 338 g/mol. The molecule has 132 valence electrons. The SMILES string of the molecule is O=C(CN(Cc1ccccc1)c1ccccc1)N1CCCC(CO)C1. The summed E-state index contributed by atoms with van der Waals surface area (Å²) in [4.78, 5) is 16.9. The Bertz CT molecular complexity index is 660. The van der Waals surface area contributed by atoms with Crippen molar-refractivity contribution in [2.24, 2.45) is 5.92 Å². The van der Waals surface area contributed by atoms with E-state index in [4.69, 9.17) is 0 Å². The maximum atomic E-state index is 12.8. The summed E-state index contributed by atoms with van der Waals surface area (Å²) in [5.41, 5.74) is 2.24. The number of nitrogens with zero attached hydrogens (tertiary/aromatic N) is 2. The summed E-state index contributed by atoms with van der Waals surface area (Å²) in [7, 11) is 0. The first-order valence-electron chi connectivity index (χ1n) is 8.99. The van der Waals surface area contributed by atoms with Crippen molar-refractivity contribution >= 4 is 11.6 Å². The number of amides is 1. The highest BCUT2D eigenvalue weighted by Gasteiger charge is 2.24. The van der Waals surface area contributed by atoms with Crippen LogP contribution in [-0.2, 0) is 11.3 Å². The van der Waals surface area contributed by atoms with Crippen molar-refractivity contribution in [3.8, 4) is 0 Å². The second-order valence-electron chi connectivity index (χ2n) is 6.71. The van der Waals surface area contributed by atoms with Gasteiger partial charge in [-0.25, -0.2) is 0 Å². The number of hydrogen-bond acceptors (Lipinski definition) is 3. The van der Waals surface area contributed by atoms with Gasteiger partial charge in [0.1, 0.15) is 0 Å². The number of para-hydroxylation sites is 1. The van der Waals surface area contributed by atoms with Gasteiger partial charge in [0.15, 0.2) is 0 Å². The highest BCUT2D eigenvalue weighted by molar-refractivity contribution is 5.81. The van der Waals surface area contributed by atoms with Gasteiger partial charge in [-0.2, -0.15) is 0 Å². The maximum Gasteiger partial charge on any atom is 0.242 e. The van der Waals surface area contributed by atoms with Crippen LogP contribution in [0, 0.1) is 5.92 Å². The van der Waals surface area contributed by atoms with Gasteiger partial charge in [0.05, 0.1) is 6.54 Å². The maximum absolute atomic E-state index is 12.8. The van der Waals surface area contributed by atoms with E-state index in [0.29, 0.717) is 19.6 Å². The number of hydrogen-bond donors (Lipinski definition) is 1. The van der Waals surface area contributed by atoms with E-state index in [-0.39, 0.29) is 18.4 Å². The molecule has 1 fully saturated rings. The van der Waals surface area contributed by atoms with Crippen molar-refractivity contribution in [3.05, 3.63) is 66.2 Å². The van der Waals surface area contributed by atoms with Crippen molar-refractivity contribution in [2.45, 2.75) is 19.4 Å². The van der Waals surface area contributed by atoms with Gasteiger partial charge in [0, 0.05) is 31.9 Å². The van der Waals surface area contributed by atoms with Crippen LogP contribution in [0.5, 0.6) is 0 Å². The van der Waals surface area contributed by atoms with Gasteiger partial charge in [-0.05, 0) is 36.5 Å². The van der Waals surface area contributed by atoms with Crippen LogP contribution < -0.4 is 4.90 Å². The van der Waals surface area contributed by atoms with Crippen LogP contribution in [0.4, 0.5) is 5.69 Å². The molecular formula is C21H26N2O2. The fourth-order valence-corrected chi connectivity index (χ4v) is 3.38. The average Bonchev–Trinajstić information content (AvgIpc) is 2.69. The van der Waals surface area contributed by atoms with E-state index < -0.39 is 0 Å². The van der Waals surface area contributed by atoms with Crippen LogP contribution in [0.2, 0.25) is 0 Å². The van der Waals surface area contributed by atoms with E-state index in [1.807, 2.05) is 53.4 Å². The lowest BCUT2D eigenvalue weighted by Crippen LogP contribution is -2.45. The van der Waals surface area contributed by atoms with Crippen molar-refractivity contribution in [1.29, 1.82) is 0 Å². The zero-order valence-electron chi connectivity index (χ0n) is 14.6. The van der Waals surface area contributed by atoms with Gasteiger partial charge in [0.2, 0.25) is 5.91 Å². The molecule has 0 aromatic heterocycles. The minimum atomic E-state index is 0.137. The molecule has 0 saturated carbocycles. The summed E-state index contributed by atoms with van der Waals surface area (Å²) >= 11 is 0. The highest BCUT2D eigenvalue weighted by atomic mass is 16.3. The Morgan fingerprint density at radius 3 is 2.44 bits per heavy atom. The molecule has 0 bridgehead atoms. The molecule has 3 rings (SSSR count). The van der Waals surface area contributed by atoms with Crippen LogP contribution in [0.1, 0.15) is 18.4 Å². The zero-order chi connectivity index (χ0) is 17.5. The van der Waals surface area contributed by atoms with Crippen LogP contribution in [0.15, 0.2) is 60.7 Å². The van der Waals surface area contributed by atoms with Crippen molar-refractivity contribution < 1.29 is 9.90 Å². The largest absolute Gasteiger partial charge is 0.396 e. The van der Waals surface area contributed by atoms with Gasteiger partial charge < -0.3 is 14.9 Å². The third-order valence-corrected chi connectivity index (χ3v) is 4.79. The number of carbonyl (C=O) groups is 1. The second-order valence-corrected chi connectivity index (χ2v) is 6.71. The normalized spacial score (nSPS) is 17.3. The first kappa shape index (κ1) is 17.5. The molecule has 2 aromatic carbocycles. The Morgan fingerprint density at radius 1 is 1.08 bits per heavy atom. The molecule has 2 aromatic rings. The molecule has 0 spiro atoms. The molecule has 1 aliphatic rings. The first-order valence-corrected chi connectivity index (χ1v) is 8.99. The summed E-state index contributed by atoms with van der Waals surface area (Å²) in [6, 6.07) is 20.3. The first-order chi connectivity index (χ1) is 12.3. The predicted octanol–water partition coefficient (Wildman–Crippen LogP) is 2.92. The molecule has 4 nitrogen and oxygen atoms in total. The summed E-state index contributed by atoms with van der Waals surface area (Å²) in [6.07, 6.45) is 1.98. The zero-order valence-corrected chi connectivity index (χ0v) is 14.6. The number of likely N-dealkylation sites (tertiary alicyclic amines) is 1. The number of piperidine rings is 1. The van der Waals surface area contributed by atoms with Gasteiger partial charge in [-0.15, -0.1) is 0 Å². The molecule has 1 saturated heterocycles. The number of aliphatic hydroxyl groups is 1. The van der Waals surface area contributed by atoms with E-state index in [1.54, 1.807) is 0 Å². The summed E-state index contributed by atoms with van der Waals surface area (Å²) < 4.78 is 0. The molecule has 4 heteroatoms. The Morgan fingerprint density at radius 2 is 1.76 bits per heavy atom. The standard InChI is InChI=1S/C21H26N2O2/c24-17-19-10-7-13-22(15-19)21(25)16-23(20-11-5-2-6-12-20)14-18-8-3-1-4-9-18/h1-6,8-9,11-12,19,24H,7,10,13-17H2. The third-order valence-electron chi connectivity index (χ3n) is 4.79. The smallest absolute Gasteiger partial charge is 0.242 e. The quantitative estimate of drug-likeness (QED) is 0.881. The number of aliphatic hydroxyl groups excluding tert-OH is 1. The minimum Gasteiger partial charge on any atom is -0.396 e. The number of benzene rings is 2. The van der Waals surface area contributed by atoms with Crippen LogP contribution >= 0.6 is 0 Å². The Kier molecular flexibility index (Phi) is 6.07. The van der Waals surface area contributed by atoms with Crippen LogP contribution in [0.25, 0.3) is 0 Å². The van der Waals surface area contributed by atoms with E-state index in [2.05, 4.69) is 17.0 Å². The second kappa shape index (κ2) is 8.67. The van der Waals surface area contributed by atoms with Crippen LogP contribution in [0.3, 0.4) is 0 Å². The number of carbonyl (C=O) groups excluding carboxylic acids is 1. The predicted molar refractivity (Wildman–Crippen MR) is 100 cm³/mol. The van der Waals surface area contributed by atoms with Crippen molar-refractivity contribution in [3.63, 3.8) is 0 Å². The fraction of sp³-hybridized carbons (Fsp3) is 0.381. The molecule has 1 heterocycles. The molecular weight excluding hydrogens is 312 g/mol. The van der Waals surface area contributed by atoms with Crippen LogP contribution in [-0.4, -0.2) is 42.2 Å². The lowest BCUT2D eigenvalue weighted by Gasteiger charge is -2.34. The third kappa shape index (κ3) is 4.83.